The van der Waals surface area contributed by atoms with Gasteiger partial charge in [0.2, 0.25) is 0 Å². The maximum atomic E-state index is 4.07. The minimum absolute atomic E-state index is 0. The Morgan fingerprint density at radius 1 is 1.57 bits per heavy atom. The molecule has 14 heavy (non-hydrogen) atoms. The average Bonchev–Trinajstić information content (AvgIpc) is 2.69. The zero-order valence-corrected chi connectivity index (χ0v) is 8.89. The van der Waals surface area contributed by atoms with Crippen molar-refractivity contribution in [2.24, 2.45) is 0 Å². The molecule has 2 rings (SSSR count). The molecule has 3 nitrogen and oxygen atoms in total. The van der Waals surface area contributed by atoms with Gasteiger partial charge in [-0.1, -0.05) is 6.07 Å². The SMILES string of the molecule is Cl.c1cncc(CNC2CCNC2)c1. The fraction of sp³-hybridized carbons (Fsp3) is 0.500. The summed E-state index contributed by atoms with van der Waals surface area (Å²) < 4.78 is 0. The Balaban J connectivity index is 0.000000980. The first kappa shape index (κ1) is 11.4. The zero-order valence-electron chi connectivity index (χ0n) is 8.07. The minimum Gasteiger partial charge on any atom is -0.315 e. The lowest BCUT2D eigenvalue weighted by Gasteiger charge is -2.10. The number of nitrogens with zero attached hydrogens (tertiary/aromatic N) is 1. The smallest absolute Gasteiger partial charge is 0.0312 e. The summed E-state index contributed by atoms with van der Waals surface area (Å²) in [6.07, 6.45) is 4.95. The van der Waals surface area contributed by atoms with Crippen LogP contribution in [0, 0.1) is 0 Å². The van der Waals surface area contributed by atoms with Crippen molar-refractivity contribution in [3.63, 3.8) is 0 Å². The molecule has 78 valence electrons. The molecule has 0 radical (unpaired) electrons. The number of hydrogen-bond donors (Lipinski definition) is 2. The van der Waals surface area contributed by atoms with Crippen LogP contribution in [0.5, 0.6) is 0 Å². The Bertz CT molecular complexity index is 247. The molecule has 1 aromatic rings. The van der Waals surface area contributed by atoms with E-state index in [2.05, 4.69) is 21.7 Å². The van der Waals surface area contributed by atoms with Gasteiger partial charge in [0.1, 0.15) is 0 Å². The van der Waals surface area contributed by atoms with E-state index in [1.54, 1.807) is 6.20 Å². The summed E-state index contributed by atoms with van der Waals surface area (Å²) in [5, 5.41) is 6.83. The Kier molecular flexibility index (Phi) is 4.87. The summed E-state index contributed by atoms with van der Waals surface area (Å²) in [5.74, 6) is 0. The molecule has 0 bridgehead atoms. The highest BCUT2D eigenvalue weighted by Gasteiger charge is 2.12. The summed E-state index contributed by atoms with van der Waals surface area (Å²) in [6.45, 7) is 3.17. The van der Waals surface area contributed by atoms with Gasteiger partial charge in [0, 0.05) is 31.5 Å². The Morgan fingerprint density at radius 3 is 3.14 bits per heavy atom. The monoisotopic (exact) mass is 213 g/mol. The van der Waals surface area contributed by atoms with Gasteiger partial charge in [-0.05, 0) is 24.6 Å². The van der Waals surface area contributed by atoms with Crippen LogP contribution < -0.4 is 10.6 Å². The number of halogens is 1. The molecule has 1 aliphatic rings. The second-order valence-corrected chi connectivity index (χ2v) is 3.43. The van der Waals surface area contributed by atoms with Crippen LogP contribution in [-0.4, -0.2) is 24.1 Å². The van der Waals surface area contributed by atoms with Crippen molar-refractivity contribution in [1.29, 1.82) is 0 Å². The minimum atomic E-state index is 0. The van der Waals surface area contributed by atoms with Crippen LogP contribution in [0.4, 0.5) is 0 Å². The zero-order chi connectivity index (χ0) is 8.93. The molecule has 0 aromatic carbocycles. The lowest BCUT2D eigenvalue weighted by atomic mass is 10.2. The molecule has 1 aromatic heterocycles. The maximum Gasteiger partial charge on any atom is 0.0312 e. The molecule has 2 heterocycles. The standard InChI is InChI=1S/C10H15N3.ClH/c1-2-9(6-11-4-1)7-13-10-3-5-12-8-10;/h1-2,4,6,10,12-13H,3,5,7-8H2;1H. The van der Waals surface area contributed by atoms with Gasteiger partial charge in [-0.25, -0.2) is 0 Å². The third kappa shape index (κ3) is 3.25. The molecule has 1 atom stereocenters. The van der Waals surface area contributed by atoms with Gasteiger partial charge in [-0.2, -0.15) is 0 Å². The van der Waals surface area contributed by atoms with Crippen molar-refractivity contribution in [2.75, 3.05) is 13.1 Å². The lowest BCUT2D eigenvalue weighted by Crippen LogP contribution is -2.30. The first-order chi connectivity index (χ1) is 6.45. The van der Waals surface area contributed by atoms with Crippen LogP contribution in [-0.2, 0) is 6.54 Å². The number of rotatable bonds is 3. The van der Waals surface area contributed by atoms with Gasteiger partial charge in [-0.3, -0.25) is 4.98 Å². The van der Waals surface area contributed by atoms with Crippen LogP contribution >= 0.6 is 12.4 Å². The van der Waals surface area contributed by atoms with E-state index in [1.165, 1.54) is 12.0 Å². The molecule has 1 unspecified atom stereocenters. The molecule has 0 spiro atoms. The summed E-state index contributed by atoms with van der Waals surface area (Å²) in [4.78, 5) is 4.07. The van der Waals surface area contributed by atoms with E-state index in [0.717, 1.165) is 19.6 Å². The molecule has 1 saturated heterocycles. The first-order valence-electron chi connectivity index (χ1n) is 4.78. The highest BCUT2D eigenvalue weighted by Crippen LogP contribution is 2.00. The number of hydrogen-bond acceptors (Lipinski definition) is 3. The molecule has 0 saturated carbocycles. The molecular formula is C10H16ClN3. The van der Waals surface area contributed by atoms with E-state index in [0.29, 0.717) is 6.04 Å². The molecule has 2 N–H and O–H groups in total. The fourth-order valence-electron chi connectivity index (χ4n) is 1.59. The Morgan fingerprint density at radius 2 is 2.50 bits per heavy atom. The van der Waals surface area contributed by atoms with Crippen LogP contribution in [0.25, 0.3) is 0 Å². The Labute approximate surface area is 90.7 Å². The predicted octanol–water partition coefficient (Wildman–Crippen LogP) is 0.955. The quantitative estimate of drug-likeness (QED) is 0.786. The first-order valence-corrected chi connectivity index (χ1v) is 4.78. The van der Waals surface area contributed by atoms with Crippen LogP contribution in [0.2, 0.25) is 0 Å². The number of aromatic nitrogens is 1. The summed E-state index contributed by atoms with van der Waals surface area (Å²) in [7, 11) is 0. The summed E-state index contributed by atoms with van der Waals surface area (Å²) >= 11 is 0. The van der Waals surface area contributed by atoms with Crippen molar-refractivity contribution in [3.8, 4) is 0 Å². The highest BCUT2D eigenvalue weighted by molar-refractivity contribution is 5.85. The fourth-order valence-corrected chi connectivity index (χ4v) is 1.59. The molecular weight excluding hydrogens is 198 g/mol. The van der Waals surface area contributed by atoms with Gasteiger partial charge >= 0.3 is 0 Å². The van der Waals surface area contributed by atoms with E-state index in [9.17, 15) is 0 Å². The molecule has 4 heteroatoms. The average molecular weight is 214 g/mol. The largest absolute Gasteiger partial charge is 0.315 e. The van der Waals surface area contributed by atoms with Gasteiger partial charge in [-0.15, -0.1) is 12.4 Å². The number of pyridine rings is 1. The van der Waals surface area contributed by atoms with Crippen LogP contribution in [0.15, 0.2) is 24.5 Å². The number of nitrogens with one attached hydrogen (secondary N) is 2. The van der Waals surface area contributed by atoms with Crippen molar-refractivity contribution < 1.29 is 0 Å². The van der Waals surface area contributed by atoms with E-state index < -0.39 is 0 Å². The molecule has 1 aliphatic heterocycles. The second kappa shape index (κ2) is 5.96. The lowest BCUT2D eigenvalue weighted by molar-refractivity contribution is 0.547. The third-order valence-corrected chi connectivity index (χ3v) is 2.38. The Hall–Kier alpha value is -0.640. The van der Waals surface area contributed by atoms with Crippen molar-refractivity contribution in [3.05, 3.63) is 30.1 Å². The van der Waals surface area contributed by atoms with E-state index in [4.69, 9.17) is 0 Å². The van der Waals surface area contributed by atoms with E-state index in [-0.39, 0.29) is 12.4 Å². The van der Waals surface area contributed by atoms with E-state index in [1.807, 2.05) is 12.3 Å². The van der Waals surface area contributed by atoms with Crippen LogP contribution in [0.1, 0.15) is 12.0 Å². The van der Waals surface area contributed by atoms with Crippen molar-refractivity contribution in [1.82, 2.24) is 15.6 Å². The van der Waals surface area contributed by atoms with Crippen LogP contribution in [0.3, 0.4) is 0 Å². The summed E-state index contributed by atoms with van der Waals surface area (Å²) in [5.41, 5.74) is 1.26. The van der Waals surface area contributed by atoms with Gasteiger partial charge < -0.3 is 10.6 Å². The van der Waals surface area contributed by atoms with Crippen molar-refractivity contribution in [2.45, 2.75) is 19.0 Å². The normalized spacial score (nSPS) is 20.4. The molecule has 0 amide bonds. The predicted molar refractivity (Wildman–Crippen MR) is 59.6 cm³/mol. The van der Waals surface area contributed by atoms with Gasteiger partial charge in [0.15, 0.2) is 0 Å². The molecule has 0 aliphatic carbocycles. The van der Waals surface area contributed by atoms with Gasteiger partial charge in [0.25, 0.3) is 0 Å². The summed E-state index contributed by atoms with van der Waals surface area (Å²) in [6, 6.07) is 4.71. The third-order valence-electron chi connectivity index (χ3n) is 2.38. The van der Waals surface area contributed by atoms with E-state index >= 15 is 0 Å². The topological polar surface area (TPSA) is 37.0 Å². The van der Waals surface area contributed by atoms with Crippen molar-refractivity contribution >= 4 is 12.4 Å². The highest BCUT2D eigenvalue weighted by atomic mass is 35.5. The molecule has 1 fully saturated rings. The van der Waals surface area contributed by atoms with Gasteiger partial charge in [0.05, 0.1) is 0 Å². The second-order valence-electron chi connectivity index (χ2n) is 3.43. The maximum absolute atomic E-state index is 4.07.